The molecule has 0 saturated carbocycles. The summed E-state index contributed by atoms with van der Waals surface area (Å²) in [5, 5.41) is 11.5. The molecule has 0 amide bonds. The Morgan fingerprint density at radius 3 is 2.78 bits per heavy atom. The van der Waals surface area contributed by atoms with E-state index in [1.165, 1.54) is 17.8 Å². The second-order valence-corrected chi connectivity index (χ2v) is 6.82. The maximum atomic E-state index is 12.0. The highest BCUT2D eigenvalue weighted by Gasteiger charge is 2.14. The van der Waals surface area contributed by atoms with Gasteiger partial charge in [0.25, 0.3) is 11.1 Å². The molecule has 0 aliphatic heterocycles. The summed E-state index contributed by atoms with van der Waals surface area (Å²) in [6, 6.07) is 16.8. The molecule has 132 valence electrons. The molecule has 0 radical (unpaired) electrons. The molecule has 3 aromatic heterocycles. The average Bonchev–Trinajstić information content (AvgIpc) is 3.37. The number of rotatable bonds is 4. The molecule has 0 atom stereocenters. The zero-order chi connectivity index (χ0) is 18.2. The molecule has 3 heterocycles. The largest absolute Gasteiger partial charge is 0.459 e. The lowest BCUT2D eigenvalue weighted by atomic mass is 10.0. The van der Waals surface area contributed by atoms with Crippen LogP contribution in [0.5, 0.6) is 0 Å². The molecule has 0 spiro atoms. The van der Waals surface area contributed by atoms with Crippen LogP contribution in [0.4, 0.5) is 0 Å². The minimum Gasteiger partial charge on any atom is -0.459 e. The van der Waals surface area contributed by atoms with Gasteiger partial charge in [-0.15, -0.1) is 10.2 Å². The summed E-state index contributed by atoms with van der Waals surface area (Å²) in [5.74, 6) is 1.34. The average molecular weight is 376 g/mol. The first-order chi connectivity index (χ1) is 13.3. The highest BCUT2D eigenvalue weighted by atomic mass is 32.2. The molecule has 0 fully saturated rings. The van der Waals surface area contributed by atoms with Crippen molar-refractivity contribution in [3.8, 4) is 11.7 Å². The number of fused-ring (bicyclic) bond motifs is 3. The predicted molar refractivity (Wildman–Crippen MR) is 102 cm³/mol. The van der Waals surface area contributed by atoms with Crippen molar-refractivity contribution in [3.05, 3.63) is 76.8 Å². The third-order valence-corrected chi connectivity index (χ3v) is 5.07. The van der Waals surface area contributed by atoms with Crippen LogP contribution >= 0.6 is 11.8 Å². The van der Waals surface area contributed by atoms with E-state index >= 15 is 0 Å². The van der Waals surface area contributed by atoms with Gasteiger partial charge in [-0.3, -0.25) is 0 Å². The monoisotopic (exact) mass is 376 g/mol. The van der Waals surface area contributed by atoms with Gasteiger partial charge in [0.1, 0.15) is 5.58 Å². The number of hydrogen-bond acceptors (Lipinski definition) is 7. The van der Waals surface area contributed by atoms with Crippen LogP contribution in [0.15, 0.2) is 84.1 Å². The molecule has 0 aliphatic rings. The summed E-state index contributed by atoms with van der Waals surface area (Å²) in [4.78, 5) is 12.0. The minimum atomic E-state index is -0.379. The smallest absolute Gasteiger partial charge is 0.336 e. The highest BCUT2D eigenvalue weighted by molar-refractivity contribution is 7.98. The molecule has 2 aromatic carbocycles. The Kier molecular flexibility index (Phi) is 3.79. The minimum absolute atomic E-state index is 0.324. The first kappa shape index (κ1) is 15.9. The molecule has 0 bridgehead atoms. The maximum absolute atomic E-state index is 12.0. The van der Waals surface area contributed by atoms with Gasteiger partial charge in [-0.25, -0.2) is 4.79 Å². The van der Waals surface area contributed by atoms with E-state index in [0.29, 0.717) is 28.2 Å². The van der Waals surface area contributed by atoms with Crippen LogP contribution in [0.1, 0.15) is 5.56 Å². The van der Waals surface area contributed by atoms with Gasteiger partial charge >= 0.3 is 5.63 Å². The molecule has 5 rings (SSSR count). The van der Waals surface area contributed by atoms with Crippen LogP contribution < -0.4 is 5.63 Å². The molecular weight excluding hydrogens is 364 g/mol. The van der Waals surface area contributed by atoms with E-state index < -0.39 is 0 Å². The third kappa shape index (κ3) is 2.92. The lowest BCUT2D eigenvalue weighted by molar-refractivity contribution is 0.447. The van der Waals surface area contributed by atoms with Crippen LogP contribution in [0.2, 0.25) is 0 Å². The normalized spacial score (nSPS) is 11.4. The number of hydrogen-bond donors (Lipinski definition) is 0. The zero-order valence-corrected chi connectivity index (χ0v) is 14.7. The van der Waals surface area contributed by atoms with Gasteiger partial charge < -0.3 is 13.3 Å². The van der Waals surface area contributed by atoms with Crippen molar-refractivity contribution < 1.29 is 13.3 Å². The Balaban J connectivity index is 1.53. The summed E-state index contributed by atoms with van der Waals surface area (Å²) in [5.41, 5.74) is 1.05. The third-order valence-electron chi connectivity index (χ3n) is 4.20. The van der Waals surface area contributed by atoms with Crippen molar-refractivity contribution in [1.29, 1.82) is 0 Å². The summed E-state index contributed by atoms with van der Waals surface area (Å²) in [6.45, 7) is 0. The topological polar surface area (TPSA) is 82.3 Å². The first-order valence-corrected chi connectivity index (χ1v) is 9.21. The number of benzene rings is 2. The molecule has 0 aliphatic carbocycles. The molecule has 7 heteroatoms. The van der Waals surface area contributed by atoms with Crippen molar-refractivity contribution in [2.45, 2.75) is 11.0 Å². The summed E-state index contributed by atoms with van der Waals surface area (Å²) in [7, 11) is 0. The first-order valence-electron chi connectivity index (χ1n) is 8.22. The van der Waals surface area contributed by atoms with E-state index in [9.17, 15) is 4.79 Å². The number of nitrogens with zero attached hydrogens (tertiary/aromatic N) is 2. The van der Waals surface area contributed by atoms with Crippen LogP contribution in [0.3, 0.4) is 0 Å². The highest BCUT2D eigenvalue weighted by Crippen LogP contribution is 2.32. The van der Waals surface area contributed by atoms with Gasteiger partial charge in [-0.05, 0) is 34.5 Å². The van der Waals surface area contributed by atoms with Gasteiger partial charge in [-0.1, -0.05) is 42.1 Å². The molecular formula is C20H12N2O4S. The Bertz CT molecular complexity index is 1300. The van der Waals surface area contributed by atoms with Crippen molar-refractivity contribution in [2.24, 2.45) is 0 Å². The fraction of sp³-hybridized carbons (Fsp3) is 0.0500. The van der Waals surface area contributed by atoms with Crippen LogP contribution in [0, 0.1) is 0 Å². The van der Waals surface area contributed by atoms with Gasteiger partial charge in [0.2, 0.25) is 0 Å². The van der Waals surface area contributed by atoms with E-state index in [-0.39, 0.29) is 5.63 Å². The zero-order valence-electron chi connectivity index (χ0n) is 13.9. The van der Waals surface area contributed by atoms with E-state index in [1.807, 2.05) is 36.4 Å². The van der Waals surface area contributed by atoms with Gasteiger partial charge in [0.05, 0.1) is 6.26 Å². The summed E-state index contributed by atoms with van der Waals surface area (Å²) >= 11 is 1.36. The fourth-order valence-corrected chi connectivity index (χ4v) is 3.78. The lowest BCUT2D eigenvalue weighted by Gasteiger charge is -2.07. The van der Waals surface area contributed by atoms with E-state index in [0.717, 1.165) is 21.7 Å². The summed E-state index contributed by atoms with van der Waals surface area (Å²) in [6.07, 6.45) is 1.55. The Morgan fingerprint density at radius 2 is 1.89 bits per heavy atom. The Labute approximate surface area is 156 Å². The van der Waals surface area contributed by atoms with Gasteiger partial charge in [-0.2, -0.15) is 0 Å². The molecule has 0 unspecified atom stereocenters. The Hall–Kier alpha value is -3.32. The van der Waals surface area contributed by atoms with Crippen molar-refractivity contribution in [1.82, 2.24) is 10.2 Å². The maximum Gasteiger partial charge on any atom is 0.336 e. The van der Waals surface area contributed by atoms with E-state index in [1.54, 1.807) is 18.4 Å². The SMILES string of the molecule is O=c1cc(CSc2nnc(-c3ccco3)o2)c2c(ccc3ccccc32)o1. The number of furan rings is 1. The molecule has 6 nitrogen and oxygen atoms in total. The lowest BCUT2D eigenvalue weighted by Crippen LogP contribution is -2.00. The molecule has 0 N–H and O–H groups in total. The van der Waals surface area contributed by atoms with Crippen molar-refractivity contribution >= 4 is 33.5 Å². The summed E-state index contributed by atoms with van der Waals surface area (Å²) < 4.78 is 16.3. The molecule has 27 heavy (non-hydrogen) atoms. The van der Waals surface area contributed by atoms with Crippen LogP contribution in [-0.2, 0) is 5.75 Å². The quantitative estimate of drug-likeness (QED) is 0.251. The molecule has 5 aromatic rings. The van der Waals surface area contributed by atoms with Gasteiger partial charge in [0.15, 0.2) is 5.76 Å². The van der Waals surface area contributed by atoms with E-state index in [4.69, 9.17) is 13.3 Å². The number of aromatic nitrogens is 2. The van der Waals surface area contributed by atoms with Crippen LogP contribution in [0.25, 0.3) is 33.4 Å². The van der Waals surface area contributed by atoms with E-state index in [2.05, 4.69) is 10.2 Å². The van der Waals surface area contributed by atoms with Crippen molar-refractivity contribution in [2.75, 3.05) is 0 Å². The fourth-order valence-electron chi connectivity index (χ4n) is 3.04. The second kappa shape index (κ2) is 6.44. The predicted octanol–water partition coefficient (Wildman–Crippen LogP) is 4.88. The Morgan fingerprint density at radius 1 is 0.963 bits per heavy atom. The standard InChI is InChI=1S/C20H12N2O4S/c23-17-10-13(11-27-20-22-21-19(26-20)16-6-3-9-24-16)18-14-5-2-1-4-12(14)7-8-15(18)25-17/h1-10H,11H2. The van der Waals surface area contributed by atoms with Gasteiger partial charge in [0, 0.05) is 17.2 Å². The second-order valence-electron chi connectivity index (χ2n) is 5.89. The van der Waals surface area contributed by atoms with Crippen LogP contribution in [-0.4, -0.2) is 10.2 Å². The number of thioether (sulfide) groups is 1. The molecule has 0 saturated heterocycles. The van der Waals surface area contributed by atoms with Crippen molar-refractivity contribution in [3.63, 3.8) is 0 Å².